The summed E-state index contributed by atoms with van der Waals surface area (Å²) < 4.78 is 0. The highest BCUT2D eigenvalue weighted by atomic mass is 16.2. The zero-order chi connectivity index (χ0) is 14.4. The first kappa shape index (κ1) is 15.3. The summed E-state index contributed by atoms with van der Waals surface area (Å²) in [6, 6.07) is 0.344. The van der Waals surface area contributed by atoms with Crippen molar-refractivity contribution in [1.29, 1.82) is 0 Å². The summed E-state index contributed by atoms with van der Waals surface area (Å²) in [5.41, 5.74) is 5.32. The van der Waals surface area contributed by atoms with Crippen LogP contribution in [-0.2, 0) is 9.59 Å². The summed E-state index contributed by atoms with van der Waals surface area (Å²) in [7, 11) is 0. The van der Waals surface area contributed by atoms with E-state index in [4.69, 9.17) is 5.73 Å². The largest absolute Gasteiger partial charge is 0.369 e. The van der Waals surface area contributed by atoms with Gasteiger partial charge >= 0.3 is 0 Å². The van der Waals surface area contributed by atoms with Crippen LogP contribution >= 0.6 is 0 Å². The normalized spacial score (nSPS) is 21.1. The topological polar surface area (TPSA) is 78.7 Å². The van der Waals surface area contributed by atoms with Crippen LogP contribution in [0.3, 0.4) is 0 Å². The number of hydrogen-bond acceptors (Lipinski definition) is 4. The molecule has 0 unspecified atom stereocenters. The van der Waals surface area contributed by atoms with Gasteiger partial charge in [0.15, 0.2) is 0 Å². The average molecular weight is 282 g/mol. The van der Waals surface area contributed by atoms with E-state index in [0.717, 1.165) is 45.4 Å². The number of nitrogens with two attached hydrogens (primary N) is 1. The molecule has 1 aliphatic heterocycles. The Morgan fingerprint density at radius 2 is 1.85 bits per heavy atom. The Bertz CT molecular complexity index is 334. The van der Waals surface area contributed by atoms with E-state index in [1.807, 2.05) is 9.80 Å². The van der Waals surface area contributed by atoms with Crippen LogP contribution in [0, 0.1) is 0 Å². The fraction of sp³-hybridized carbons (Fsp3) is 0.857. The van der Waals surface area contributed by atoms with Crippen LogP contribution in [0.15, 0.2) is 0 Å². The van der Waals surface area contributed by atoms with Crippen molar-refractivity contribution in [1.82, 2.24) is 15.1 Å². The van der Waals surface area contributed by atoms with Crippen molar-refractivity contribution in [3.05, 3.63) is 0 Å². The lowest BCUT2D eigenvalue weighted by Gasteiger charge is -2.29. The summed E-state index contributed by atoms with van der Waals surface area (Å²) in [5, 5.41) is 3.29. The first-order chi connectivity index (χ1) is 9.66. The maximum atomic E-state index is 12.4. The Morgan fingerprint density at radius 1 is 1.10 bits per heavy atom. The van der Waals surface area contributed by atoms with Gasteiger partial charge in [-0.1, -0.05) is 12.8 Å². The third-order valence-corrected chi connectivity index (χ3v) is 4.23. The zero-order valence-electron chi connectivity index (χ0n) is 12.1. The van der Waals surface area contributed by atoms with Crippen LogP contribution in [0.25, 0.3) is 0 Å². The van der Waals surface area contributed by atoms with E-state index in [1.165, 1.54) is 12.8 Å². The number of nitrogens with one attached hydrogen (secondary N) is 1. The molecule has 6 heteroatoms. The second-order valence-electron chi connectivity index (χ2n) is 5.79. The molecule has 0 aromatic heterocycles. The average Bonchev–Trinajstić information content (AvgIpc) is 2.79. The van der Waals surface area contributed by atoms with Crippen LogP contribution in [0.2, 0.25) is 0 Å². The first-order valence-corrected chi connectivity index (χ1v) is 7.67. The molecule has 0 bridgehead atoms. The molecule has 6 nitrogen and oxygen atoms in total. The molecule has 0 aromatic carbocycles. The van der Waals surface area contributed by atoms with Crippen molar-refractivity contribution >= 4 is 11.8 Å². The highest BCUT2D eigenvalue weighted by Crippen LogP contribution is 2.23. The summed E-state index contributed by atoms with van der Waals surface area (Å²) >= 11 is 0. The lowest BCUT2D eigenvalue weighted by molar-refractivity contribution is -0.133. The van der Waals surface area contributed by atoms with Crippen molar-refractivity contribution in [2.45, 2.75) is 38.1 Å². The minimum atomic E-state index is -0.345. The summed E-state index contributed by atoms with van der Waals surface area (Å²) in [6.45, 7) is 3.91. The summed E-state index contributed by atoms with van der Waals surface area (Å²) in [6.07, 6.45) is 5.50. The number of rotatable bonds is 5. The molecule has 2 fully saturated rings. The lowest BCUT2D eigenvalue weighted by Crippen LogP contribution is -2.47. The number of carbonyl (C=O) groups excluding carboxylic acids is 2. The van der Waals surface area contributed by atoms with Gasteiger partial charge in [-0.3, -0.25) is 14.5 Å². The zero-order valence-corrected chi connectivity index (χ0v) is 12.1. The molecule has 1 heterocycles. The molecule has 2 amide bonds. The third kappa shape index (κ3) is 4.45. The minimum absolute atomic E-state index is 0.127. The van der Waals surface area contributed by atoms with E-state index < -0.39 is 0 Å². The molecular weight excluding hydrogens is 256 g/mol. The first-order valence-electron chi connectivity index (χ1n) is 7.67. The lowest BCUT2D eigenvalue weighted by atomic mass is 10.2. The molecule has 1 saturated carbocycles. The van der Waals surface area contributed by atoms with Gasteiger partial charge in [0.2, 0.25) is 11.8 Å². The third-order valence-electron chi connectivity index (χ3n) is 4.23. The van der Waals surface area contributed by atoms with Crippen LogP contribution in [0.5, 0.6) is 0 Å². The van der Waals surface area contributed by atoms with E-state index in [-0.39, 0.29) is 18.4 Å². The molecule has 0 spiro atoms. The Kier molecular flexibility index (Phi) is 5.79. The smallest absolute Gasteiger partial charge is 0.236 e. The maximum absolute atomic E-state index is 12.4. The molecule has 2 aliphatic rings. The molecule has 3 N–H and O–H groups in total. The van der Waals surface area contributed by atoms with E-state index in [2.05, 4.69) is 5.32 Å². The Balaban J connectivity index is 1.91. The van der Waals surface area contributed by atoms with Crippen molar-refractivity contribution in [2.75, 3.05) is 39.3 Å². The molecule has 1 saturated heterocycles. The standard InChI is InChI=1S/C14H26N4O2/c15-13(19)10-18(12-4-1-2-5-12)11-14(20)17-8-3-6-16-7-9-17/h12,16H,1-11H2,(H2,15,19). The summed E-state index contributed by atoms with van der Waals surface area (Å²) in [4.78, 5) is 27.5. The number of amides is 2. The van der Waals surface area contributed by atoms with Crippen LogP contribution in [0.1, 0.15) is 32.1 Å². The quantitative estimate of drug-likeness (QED) is 0.715. The summed E-state index contributed by atoms with van der Waals surface area (Å²) in [5.74, 6) is -0.218. The van der Waals surface area contributed by atoms with Crippen molar-refractivity contribution in [3.8, 4) is 0 Å². The molecule has 20 heavy (non-hydrogen) atoms. The van der Waals surface area contributed by atoms with Gasteiger partial charge in [-0.05, 0) is 25.8 Å². The Morgan fingerprint density at radius 3 is 2.55 bits per heavy atom. The number of carbonyl (C=O) groups is 2. The Labute approximate surface area is 120 Å². The van der Waals surface area contributed by atoms with Crippen molar-refractivity contribution in [3.63, 3.8) is 0 Å². The maximum Gasteiger partial charge on any atom is 0.236 e. The van der Waals surface area contributed by atoms with Crippen LogP contribution in [0.4, 0.5) is 0 Å². The van der Waals surface area contributed by atoms with Gasteiger partial charge in [0.1, 0.15) is 0 Å². The molecule has 1 aliphatic carbocycles. The number of primary amides is 1. The van der Waals surface area contributed by atoms with Gasteiger partial charge in [-0.25, -0.2) is 0 Å². The van der Waals surface area contributed by atoms with E-state index >= 15 is 0 Å². The Hall–Kier alpha value is -1.14. The van der Waals surface area contributed by atoms with E-state index in [1.54, 1.807) is 0 Å². The van der Waals surface area contributed by atoms with Gasteiger partial charge in [0.05, 0.1) is 13.1 Å². The van der Waals surface area contributed by atoms with Gasteiger partial charge in [0.25, 0.3) is 0 Å². The second-order valence-corrected chi connectivity index (χ2v) is 5.79. The highest BCUT2D eigenvalue weighted by Gasteiger charge is 2.27. The molecule has 2 rings (SSSR count). The number of nitrogens with zero attached hydrogens (tertiary/aromatic N) is 2. The van der Waals surface area contributed by atoms with Gasteiger partial charge in [-0.2, -0.15) is 0 Å². The predicted octanol–water partition coefficient (Wildman–Crippen LogP) is -0.462. The van der Waals surface area contributed by atoms with E-state index in [0.29, 0.717) is 12.6 Å². The molecule has 0 atom stereocenters. The fourth-order valence-corrected chi connectivity index (χ4v) is 3.15. The van der Waals surface area contributed by atoms with E-state index in [9.17, 15) is 9.59 Å². The number of hydrogen-bond donors (Lipinski definition) is 2. The second kappa shape index (κ2) is 7.59. The molecule has 114 valence electrons. The molecule has 0 radical (unpaired) electrons. The predicted molar refractivity (Wildman–Crippen MR) is 77.1 cm³/mol. The monoisotopic (exact) mass is 282 g/mol. The van der Waals surface area contributed by atoms with Crippen molar-refractivity contribution in [2.24, 2.45) is 5.73 Å². The molecule has 0 aromatic rings. The minimum Gasteiger partial charge on any atom is -0.369 e. The fourth-order valence-electron chi connectivity index (χ4n) is 3.15. The SMILES string of the molecule is NC(=O)CN(CC(=O)N1CCCNCC1)C1CCCC1. The van der Waals surface area contributed by atoms with Gasteiger partial charge in [0, 0.05) is 25.7 Å². The van der Waals surface area contributed by atoms with Gasteiger partial charge < -0.3 is 16.0 Å². The van der Waals surface area contributed by atoms with Gasteiger partial charge in [-0.15, -0.1) is 0 Å². The van der Waals surface area contributed by atoms with Crippen molar-refractivity contribution < 1.29 is 9.59 Å². The van der Waals surface area contributed by atoms with Crippen LogP contribution in [-0.4, -0.2) is 66.9 Å². The molecular formula is C14H26N4O2. The highest BCUT2D eigenvalue weighted by molar-refractivity contribution is 5.80. The van der Waals surface area contributed by atoms with Crippen LogP contribution < -0.4 is 11.1 Å².